The number of hydrogen-bond donors (Lipinski definition) is 0. The summed E-state index contributed by atoms with van der Waals surface area (Å²) in [6.07, 6.45) is 1.92. The smallest absolute Gasteiger partial charge is 0.200 e. The van der Waals surface area contributed by atoms with E-state index in [9.17, 15) is 4.79 Å². The molecule has 3 aromatic rings. The van der Waals surface area contributed by atoms with Crippen LogP contribution in [0.1, 0.15) is 15.9 Å². The summed E-state index contributed by atoms with van der Waals surface area (Å²) in [6.45, 7) is 0. The Balaban J connectivity index is 1.60. The van der Waals surface area contributed by atoms with Gasteiger partial charge in [0, 0.05) is 10.5 Å². The van der Waals surface area contributed by atoms with Crippen LogP contribution in [0.3, 0.4) is 0 Å². The summed E-state index contributed by atoms with van der Waals surface area (Å²) < 4.78 is 5.85. The minimum absolute atomic E-state index is 0.0879. The molecule has 0 bridgehead atoms. The Kier molecular flexibility index (Phi) is 3.93. The first-order valence-corrected chi connectivity index (χ1v) is 8.47. The minimum atomic E-state index is 0.0879. The maximum Gasteiger partial charge on any atom is 0.200 e. The normalized spacial score (nSPS) is 14.7. The van der Waals surface area contributed by atoms with Gasteiger partial charge in [-0.2, -0.15) is 0 Å². The molecule has 1 aliphatic heterocycles. The van der Waals surface area contributed by atoms with Crippen molar-refractivity contribution in [1.82, 2.24) is 0 Å². The summed E-state index contributed by atoms with van der Waals surface area (Å²) in [4.78, 5) is 14.2. The van der Waals surface area contributed by atoms with Crippen molar-refractivity contribution in [2.24, 2.45) is 0 Å². The monoisotopic (exact) mass is 330 g/mol. The van der Waals surface area contributed by atoms with E-state index in [-0.39, 0.29) is 5.78 Å². The van der Waals surface area contributed by atoms with Crippen LogP contribution in [0.2, 0.25) is 0 Å². The van der Waals surface area contributed by atoms with Crippen molar-refractivity contribution >= 4 is 23.6 Å². The molecule has 3 heteroatoms. The summed E-state index contributed by atoms with van der Waals surface area (Å²) in [5.74, 6) is 1.63. The first-order valence-electron chi connectivity index (χ1n) is 7.66. The quantitative estimate of drug-likeness (QED) is 0.567. The molecule has 0 N–H and O–H groups in total. The van der Waals surface area contributed by atoms with E-state index in [1.807, 2.05) is 84.9 Å². The number of ketones is 1. The van der Waals surface area contributed by atoms with Gasteiger partial charge in [-0.05, 0) is 48.0 Å². The Bertz CT molecular complexity index is 929. The second kappa shape index (κ2) is 6.38. The maximum absolute atomic E-state index is 12.5. The molecule has 24 heavy (non-hydrogen) atoms. The van der Waals surface area contributed by atoms with Crippen LogP contribution in [0.5, 0.6) is 11.5 Å². The largest absolute Gasteiger partial charge is 0.457 e. The van der Waals surface area contributed by atoms with E-state index in [4.69, 9.17) is 4.74 Å². The molecule has 0 amide bonds. The van der Waals surface area contributed by atoms with Gasteiger partial charge >= 0.3 is 0 Å². The van der Waals surface area contributed by atoms with E-state index in [1.54, 1.807) is 0 Å². The lowest BCUT2D eigenvalue weighted by Crippen LogP contribution is -1.93. The molecule has 1 aliphatic rings. The first kappa shape index (κ1) is 14.8. The summed E-state index contributed by atoms with van der Waals surface area (Å²) in [5, 5.41) is 0. The molecule has 1 heterocycles. The molecule has 0 atom stereocenters. The Morgan fingerprint density at radius 2 is 1.54 bits per heavy atom. The zero-order valence-electron chi connectivity index (χ0n) is 12.8. The van der Waals surface area contributed by atoms with Gasteiger partial charge in [-0.3, -0.25) is 4.79 Å². The first-order chi connectivity index (χ1) is 11.8. The maximum atomic E-state index is 12.5. The summed E-state index contributed by atoms with van der Waals surface area (Å²) in [5.41, 5.74) is 1.73. The molecule has 116 valence electrons. The van der Waals surface area contributed by atoms with E-state index >= 15 is 0 Å². The van der Waals surface area contributed by atoms with Gasteiger partial charge in [-0.1, -0.05) is 54.2 Å². The third-order valence-electron chi connectivity index (χ3n) is 3.71. The fourth-order valence-corrected chi connectivity index (χ4v) is 3.63. The number of fused-ring (bicyclic) bond motifs is 1. The topological polar surface area (TPSA) is 26.3 Å². The fraction of sp³-hybridized carbons (Fsp3) is 0. The van der Waals surface area contributed by atoms with Crippen molar-refractivity contribution in [3.8, 4) is 11.5 Å². The van der Waals surface area contributed by atoms with Gasteiger partial charge < -0.3 is 4.74 Å². The molecule has 0 saturated carbocycles. The van der Waals surface area contributed by atoms with Crippen LogP contribution in [0, 0.1) is 0 Å². The molecular weight excluding hydrogens is 316 g/mol. The van der Waals surface area contributed by atoms with E-state index in [0.717, 1.165) is 32.4 Å². The number of hydrogen-bond acceptors (Lipinski definition) is 3. The molecule has 2 nitrogen and oxygen atoms in total. The van der Waals surface area contributed by atoms with Gasteiger partial charge in [0.15, 0.2) is 0 Å². The molecule has 0 fully saturated rings. The molecule has 3 aromatic carbocycles. The Hall–Kier alpha value is -2.78. The number of ether oxygens (including phenoxy) is 1. The van der Waals surface area contributed by atoms with Gasteiger partial charge in [0.25, 0.3) is 0 Å². The van der Waals surface area contributed by atoms with Crippen molar-refractivity contribution in [3.05, 3.63) is 94.9 Å². The average Bonchev–Trinajstić information content (AvgIpc) is 2.92. The second-order valence-electron chi connectivity index (χ2n) is 5.42. The third kappa shape index (κ3) is 2.99. The van der Waals surface area contributed by atoms with Crippen LogP contribution in [-0.4, -0.2) is 5.78 Å². The predicted octanol–water partition coefficient (Wildman–Crippen LogP) is 5.81. The van der Waals surface area contributed by atoms with Gasteiger partial charge in [-0.15, -0.1) is 0 Å². The second-order valence-corrected chi connectivity index (χ2v) is 6.51. The highest BCUT2D eigenvalue weighted by molar-refractivity contribution is 8.04. The standard InChI is InChI=1S/C21H14O2S/c22-21-18-11-4-5-12-19(18)24-20(21)14-15-7-6-10-17(13-15)23-16-8-2-1-3-9-16/h1-14H/b20-14-. The van der Waals surface area contributed by atoms with Crippen molar-refractivity contribution in [2.45, 2.75) is 4.90 Å². The lowest BCUT2D eigenvalue weighted by molar-refractivity contribution is 0.104. The van der Waals surface area contributed by atoms with Gasteiger partial charge in [0.2, 0.25) is 5.78 Å². The number of thioether (sulfide) groups is 1. The van der Waals surface area contributed by atoms with Crippen LogP contribution < -0.4 is 4.74 Å². The van der Waals surface area contributed by atoms with Crippen molar-refractivity contribution in [3.63, 3.8) is 0 Å². The van der Waals surface area contributed by atoms with Crippen LogP contribution in [-0.2, 0) is 0 Å². The molecule has 0 radical (unpaired) electrons. The Labute approximate surface area is 144 Å². The molecule has 0 spiro atoms. The van der Waals surface area contributed by atoms with Crippen LogP contribution in [0.25, 0.3) is 6.08 Å². The van der Waals surface area contributed by atoms with Gasteiger partial charge in [0.05, 0.1) is 4.91 Å². The molecule has 0 unspecified atom stereocenters. The molecule has 0 aromatic heterocycles. The Morgan fingerprint density at radius 1 is 0.792 bits per heavy atom. The van der Waals surface area contributed by atoms with Crippen molar-refractivity contribution < 1.29 is 9.53 Å². The van der Waals surface area contributed by atoms with Crippen LogP contribution >= 0.6 is 11.8 Å². The number of rotatable bonds is 3. The Morgan fingerprint density at radius 3 is 2.38 bits per heavy atom. The summed E-state index contributed by atoms with van der Waals surface area (Å²) in [7, 11) is 0. The average molecular weight is 330 g/mol. The van der Waals surface area contributed by atoms with Crippen LogP contribution in [0.15, 0.2) is 88.7 Å². The van der Waals surface area contributed by atoms with E-state index in [1.165, 1.54) is 11.8 Å². The third-order valence-corrected chi connectivity index (χ3v) is 4.81. The van der Waals surface area contributed by atoms with E-state index in [2.05, 4.69) is 0 Å². The fourth-order valence-electron chi connectivity index (χ4n) is 2.58. The molecular formula is C21H14O2S. The molecule has 0 saturated heterocycles. The zero-order chi connectivity index (χ0) is 16.4. The van der Waals surface area contributed by atoms with Gasteiger partial charge in [-0.25, -0.2) is 0 Å². The zero-order valence-corrected chi connectivity index (χ0v) is 13.6. The SMILES string of the molecule is O=C1/C(=C/c2cccc(Oc3ccccc3)c2)Sc2ccccc21. The highest BCUT2D eigenvalue weighted by Crippen LogP contribution is 2.40. The van der Waals surface area contributed by atoms with Crippen molar-refractivity contribution in [1.29, 1.82) is 0 Å². The predicted molar refractivity (Wildman–Crippen MR) is 97.6 cm³/mol. The highest BCUT2D eigenvalue weighted by Gasteiger charge is 2.25. The number of para-hydroxylation sites is 1. The molecule has 4 rings (SSSR count). The minimum Gasteiger partial charge on any atom is -0.457 e. The van der Waals surface area contributed by atoms with Crippen LogP contribution in [0.4, 0.5) is 0 Å². The number of carbonyl (C=O) groups is 1. The summed E-state index contributed by atoms with van der Waals surface area (Å²) in [6, 6.07) is 25.1. The highest BCUT2D eigenvalue weighted by atomic mass is 32.2. The van der Waals surface area contributed by atoms with E-state index < -0.39 is 0 Å². The summed E-state index contributed by atoms with van der Waals surface area (Å²) >= 11 is 1.52. The van der Waals surface area contributed by atoms with Crippen molar-refractivity contribution in [2.75, 3.05) is 0 Å². The number of benzene rings is 3. The van der Waals surface area contributed by atoms with E-state index in [0.29, 0.717) is 0 Å². The number of Topliss-reactive ketones (excluding diaryl/α,β-unsaturated/α-hetero) is 1. The molecule has 0 aliphatic carbocycles. The number of carbonyl (C=O) groups excluding carboxylic acids is 1. The lowest BCUT2D eigenvalue weighted by atomic mass is 10.1. The lowest BCUT2D eigenvalue weighted by Gasteiger charge is -2.06. The number of allylic oxidation sites excluding steroid dienone is 1. The van der Waals surface area contributed by atoms with Gasteiger partial charge in [0.1, 0.15) is 11.5 Å².